The summed E-state index contributed by atoms with van der Waals surface area (Å²) in [6, 6.07) is -0.140. The van der Waals surface area contributed by atoms with Crippen LogP contribution in [0, 0.1) is 11.8 Å². The van der Waals surface area contributed by atoms with Crippen LogP contribution in [-0.2, 0) is 4.79 Å². The van der Waals surface area contributed by atoms with Gasteiger partial charge < -0.3 is 16.0 Å². The molecule has 3 atom stereocenters. The fourth-order valence-corrected chi connectivity index (χ4v) is 3.20. The molecule has 1 fully saturated rings. The van der Waals surface area contributed by atoms with Gasteiger partial charge in [-0.05, 0) is 37.8 Å². The van der Waals surface area contributed by atoms with Gasteiger partial charge in [-0.3, -0.25) is 4.79 Å². The van der Waals surface area contributed by atoms with Crippen molar-refractivity contribution in [1.29, 1.82) is 0 Å². The van der Waals surface area contributed by atoms with Crippen molar-refractivity contribution in [3.8, 4) is 0 Å². The summed E-state index contributed by atoms with van der Waals surface area (Å²) in [5, 5.41) is 3.39. The first-order chi connectivity index (χ1) is 9.08. The number of nitrogens with two attached hydrogens (primary N) is 1. The van der Waals surface area contributed by atoms with E-state index >= 15 is 0 Å². The minimum Gasteiger partial charge on any atom is -0.368 e. The van der Waals surface area contributed by atoms with Gasteiger partial charge in [0.05, 0.1) is 6.04 Å². The topological polar surface area (TPSA) is 58.4 Å². The summed E-state index contributed by atoms with van der Waals surface area (Å²) < 4.78 is 0. The summed E-state index contributed by atoms with van der Waals surface area (Å²) in [6.07, 6.45) is 4.79. The van der Waals surface area contributed by atoms with Crippen molar-refractivity contribution in [2.45, 2.75) is 52.5 Å². The van der Waals surface area contributed by atoms with Crippen LogP contribution >= 0.6 is 0 Å². The van der Waals surface area contributed by atoms with E-state index in [2.05, 4.69) is 31.0 Å². The van der Waals surface area contributed by atoms with E-state index in [1.54, 1.807) is 0 Å². The maximum absolute atomic E-state index is 11.7. The second kappa shape index (κ2) is 8.54. The first kappa shape index (κ1) is 16.4. The Bertz CT molecular complexity index is 266. The van der Waals surface area contributed by atoms with Gasteiger partial charge in [-0.15, -0.1) is 0 Å². The van der Waals surface area contributed by atoms with Crippen molar-refractivity contribution >= 4 is 5.91 Å². The Kier molecular flexibility index (Phi) is 7.39. The highest BCUT2D eigenvalue weighted by Gasteiger charge is 2.29. The Balaban J connectivity index is 2.42. The zero-order chi connectivity index (χ0) is 14.3. The summed E-state index contributed by atoms with van der Waals surface area (Å²) in [4.78, 5) is 14.0. The second-order valence-corrected chi connectivity index (χ2v) is 5.89. The molecule has 0 aromatic heterocycles. The number of hydrogen-bond acceptors (Lipinski definition) is 3. The SMILES string of the molecule is CCN(CC)CCNC(C(N)=O)C1CCCC(C)C1. The van der Waals surface area contributed by atoms with E-state index in [-0.39, 0.29) is 11.9 Å². The lowest BCUT2D eigenvalue weighted by molar-refractivity contribution is -0.121. The van der Waals surface area contributed by atoms with Crippen LogP contribution in [0.5, 0.6) is 0 Å². The standard InChI is InChI=1S/C15H31N3O/c1-4-18(5-2)10-9-17-14(15(16)19)13-8-6-7-12(3)11-13/h12-14,17H,4-11H2,1-3H3,(H2,16,19). The number of hydrogen-bond donors (Lipinski definition) is 2. The summed E-state index contributed by atoms with van der Waals surface area (Å²) in [6.45, 7) is 10.6. The fraction of sp³-hybridized carbons (Fsp3) is 0.933. The number of nitrogens with zero attached hydrogens (tertiary/aromatic N) is 1. The lowest BCUT2D eigenvalue weighted by Gasteiger charge is -2.32. The molecule has 4 heteroatoms. The molecule has 0 bridgehead atoms. The molecule has 1 aliphatic carbocycles. The van der Waals surface area contributed by atoms with Gasteiger partial charge in [-0.1, -0.05) is 33.6 Å². The molecule has 1 aliphatic rings. The Morgan fingerprint density at radius 1 is 1.37 bits per heavy atom. The van der Waals surface area contributed by atoms with E-state index < -0.39 is 0 Å². The monoisotopic (exact) mass is 269 g/mol. The van der Waals surface area contributed by atoms with E-state index in [1.165, 1.54) is 12.8 Å². The number of carbonyl (C=O) groups is 1. The van der Waals surface area contributed by atoms with Gasteiger partial charge >= 0.3 is 0 Å². The van der Waals surface area contributed by atoms with Gasteiger partial charge in [0.15, 0.2) is 0 Å². The van der Waals surface area contributed by atoms with Crippen LogP contribution in [0.15, 0.2) is 0 Å². The summed E-state index contributed by atoms with van der Waals surface area (Å²) in [7, 11) is 0. The molecule has 0 radical (unpaired) electrons. The normalized spacial score (nSPS) is 25.5. The third-order valence-electron chi connectivity index (χ3n) is 4.44. The van der Waals surface area contributed by atoms with Crippen LogP contribution in [0.3, 0.4) is 0 Å². The first-order valence-corrected chi connectivity index (χ1v) is 7.83. The summed E-state index contributed by atoms with van der Waals surface area (Å²) >= 11 is 0. The Morgan fingerprint density at radius 2 is 2.05 bits per heavy atom. The molecule has 3 unspecified atom stereocenters. The van der Waals surface area contributed by atoms with E-state index in [9.17, 15) is 4.79 Å². The molecule has 0 spiro atoms. The predicted octanol–water partition coefficient (Wildman–Crippen LogP) is 1.60. The molecule has 19 heavy (non-hydrogen) atoms. The Morgan fingerprint density at radius 3 is 2.58 bits per heavy atom. The quantitative estimate of drug-likeness (QED) is 0.703. The van der Waals surface area contributed by atoms with Crippen LogP contribution in [0.1, 0.15) is 46.5 Å². The van der Waals surface area contributed by atoms with E-state index in [1.807, 2.05) is 0 Å². The molecular weight excluding hydrogens is 238 g/mol. The highest BCUT2D eigenvalue weighted by Crippen LogP contribution is 2.30. The van der Waals surface area contributed by atoms with Crippen LogP contribution in [0.25, 0.3) is 0 Å². The van der Waals surface area contributed by atoms with Crippen LogP contribution in [0.4, 0.5) is 0 Å². The molecule has 0 saturated heterocycles. The number of likely N-dealkylation sites (N-methyl/N-ethyl adjacent to an activating group) is 1. The summed E-state index contributed by atoms with van der Waals surface area (Å²) in [5.74, 6) is 0.974. The van der Waals surface area contributed by atoms with Crippen molar-refractivity contribution in [2.75, 3.05) is 26.2 Å². The van der Waals surface area contributed by atoms with Gasteiger partial charge in [-0.2, -0.15) is 0 Å². The molecule has 1 saturated carbocycles. The maximum Gasteiger partial charge on any atom is 0.234 e. The molecular formula is C15H31N3O. The van der Waals surface area contributed by atoms with Crippen molar-refractivity contribution in [3.05, 3.63) is 0 Å². The van der Waals surface area contributed by atoms with Gasteiger partial charge in [0.25, 0.3) is 0 Å². The molecule has 3 N–H and O–H groups in total. The van der Waals surface area contributed by atoms with Gasteiger partial charge in [0.2, 0.25) is 5.91 Å². The average molecular weight is 269 g/mol. The number of primary amides is 1. The molecule has 1 amide bonds. The van der Waals surface area contributed by atoms with Gasteiger partial charge in [-0.25, -0.2) is 0 Å². The van der Waals surface area contributed by atoms with E-state index in [4.69, 9.17) is 5.73 Å². The number of rotatable bonds is 8. The smallest absolute Gasteiger partial charge is 0.234 e. The molecule has 1 rings (SSSR count). The van der Waals surface area contributed by atoms with Gasteiger partial charge in [0.1, 0.15) is 0 Å². The molecule has 0 heterocycles. The molecule has 0 aromatic rings. The first-order valence-electron chi connectivity index (χ1n) is 7.83. The fourth-order valence-electron chi connectivity index (χ4n) is 3.20. The average Bonchev–Trinajstić information content (AvgIpc) is 2.38. The van der Waals surface area contributed by atoms with Crippen molar-refractivity contribution in [3.63, 3.8) is 0 Å². The zero-order valence-corrected chi connectivity index (χ0v) is 12.8. The number of carbonyl (C=O) groups excluding carboxylic acids is 1. The highest BCUT2D eigenvalue weighted by molar-refractivity contribution is 5.80. The molecule has 0 aromatic carbocycles. The van der Waals surface area contributed by atoms with Crippen molar-refractivity contribution < 1.29 is 4.79 Å². The Hall–Kier alpha value is -0.610. The van der Waals surface area contributed by atoms with Gasteiger partial charge in [0, 0.05) is 13.1 Å². The lowest BCUT2D eigenvalue weighted by Crippen LogP contribution is -2.49. The van der Waals surface area contributed by atoms with Crippen molar-refractivity contribution in [2.24, 2.45) is 17.6 Å². The molecule has 112 valence electrons. The summed E-state index contributed by atoms with van der Waals surface area (Å²) in [5.41, 5.74) is 5.58. The third kappa shape index (κ3) is 5.49. The lowest BCUT2D eigenvalue weighted by atomic mass is 9.78. The third-order valence-corrected chi connectivity index (χ3v) is 4.44. The Labute approximate surface area is 118 Å². The highest BCUT2D eigenvalue weighted by atomic mass is 16.1. The molecule has 0 aliphatic heterocycles. The number of amides is 1. The van der Waals surface area contributed by atoms with E-state index in [0.717, 1.165) is 44.9 Å². The van der Waals surface area contributed by atoms with Crippen LogP contribution in [0.2, 0.25) is 0 Å². The molecule has 4 nitrogen and oxygen atoms in total. The minimum atomic E-state index is -0.182. The van der Waals surface area contributed by atoms with E-state index in [0.29, 0.717) is 5.92 Å². The van der Waals surface area contributed by atoms with Crippen molar-refractivity contribution in [1.82, 2.24) is 10.2 Å². The van der Waals surface area contributed by atoms with Crippen LogP contribution in [-0.4, -0.2) is 43.0 Å². The number of nitrogens with one attached hydrogen (secondary N) is 1. The zero-order valence-electron chi connectivity index (χ0n) is 12.8. The largest absolute Gasteiger partial charge is 0.368 e. The van der Waals surface area contributed by atoms with Crippen LogP contribution < -0.4 is 11.1 Å². The maximum atomic E-state index is 11.7. The second-order valence-electron chi connectivity index (χ2n) is 5.89. The minimum absolute atomic E-state index is 0.140. The predicted molar refractivity (Wildman–Crippen MR) is 79.9 cm³/mol.